The summed E-state index contributed by atoms with van der Waals surface area (Å²) in [5.41, 5.74) is 2.50. The monoisotopic (exact) mass is 243 g/mol. The zero-order valence-electron chi connectivity index (χ0n) is 10.5. The summed E-state index contributed by atoms with van der Waals surface area (Å²) in [7, 11) is 0. The number of rotatable bonds is 2. The van der Waals surface area contributed by atoms with Gasteiger partial charge in [0.05, 0.1) is 0 Å². The maximum atomic E-state index is 9.87. The summed E-state index contributed by atoms with van der Waals surface area (Å²) in [6.07, 6.45) is 2.06. The minimum atomic E-state index is -0.447. The van der Waals surface area contributed by atoms with Crippen LogP contribution in [0.2, 0.25) is 0 Å². The standard InChI is InChI=1S/C14H17N3O/c1-10-5-2-3-6-11(10)9-13-15-14-12(18)7-4-8-17(14)16-13/h2-3,5-6,12,18H,4,7-9H2,1H3. The van der Waals surface area contributed by atoms with Gasteiger partial charge in [0.1, 0.15) is 6.10 Å². The molecule has 4 nitrogen and oxygen atoms in total. The molecule has 0 saturated carbocycles. The van der Waals surface area contributed by atoms with E-state index in [1.807, 2.05) is 16.8 Å². The summed E-state index contributed by atoms with van der Waals surface area (Å²) in [4.78, 5) is 4.47. The van der Waals surface area contributed by atoms with Gasteiger partial charge < -0.3 is 5.11 Å². The van der Waals surface area contributed by atoms with Crippen molar-refractivity contribution >= 4 is 0 Å². The smallest absolute Gasteiger partial charge is 0.156 e. The molecule has 0 saturated heterocycles. The number of hydrogen-bond donors (Lipinski definition) is 1. The van der Waals surface area contributed by atoms with Gasteiger partial charge in [-0.1, -0.05) is 24.3 Å². The first-order chi connectivity index (χ1) is 8.74. The Morgan fingerprint density at radius 1 is 1.39 bits per heavy atom. The van der Waals surface area contributed by atoms with Crippen LogP contribution < -0.4 is 0 Å². The number of nitrogens with zero attached hydrogens (tertiary/aromatic N) is 3. The minimum Gasteiger partial charge on any atom is -0.385 e. The van der Waals surface area contributed by atoms with Crippen molar-refractivity contribution < 1.29 is 5.11 Å². The van der Waals surface area contributed by atoms with Crippen LogP contribution in [0.4, 0.5) is 0 Å². The molecular formula is C14H17N3O. The van der Waals surface area contributed by atoms with Crippen LogP contribution in [0.3, 0.4) is 0 Å². The van der Waals surface area contributed by atoms with E-state index < -0.39 is 6.10 Å². The second kappa shape index (κ2) is 4.53. The number of aliphatic hydroxyl groups excluding tert-OH is 1. The lowest BCUT2D eigenvalue weighted by Crippen LogP contribution is -2.16. The van der Waals surface area contributed by atoms with E-state index in [0.29, 0.717) is 0 Å². The highest BCUT2D eigenvalue weighted by Gasteiger charge is 2.22. The highest BCUT2D eigenvalue weighted by atomic mass is 16.3. The lowest BCUT2D eigenvalue weighted by Gasteiger charge is -2.16. The molecule has 0 spiro atoms. The molecule has 1 N–H and O–H groups in total. The largest absolute Gasteiger partial charge is 0.385 e. The Hall–Kier alpha value is -1.68. The molecule has 0 bridgehead atoms. The Labute approximate surface area is 106 Å². The second-order valence-corrected chi connectivity index (χ2v) is 4.87. The average molecular weight is 243 g/mol. The number of benzene rings is 1. The Morgan fingerprint density at radius 2 is 2.22 bits per heavy atom. The third kappa shape index (κ3) is 2.04. The molecule has 1 aromatic heterocycles. The normalized spacial score (nSPS) is 18.7. The van der Waals surface area contributed by atoms with Crippen molar-refractivity contribution in [1.29, 1.82) is 0 Å². The Balaban J connectivity index is 1.88. The number of aryl methyl sites for hydroxylation is 2. The molecular weight excluding hydrogens is 226 g/mol. The maximum absolute atomic E-state index is 9.87. The summed E-state index contributed by atoms with van der Waals surface area (Å²) in [5, 5.41) is 14.4. The van der Waals surface area contributed by atoms with Gasteiger partial charge in [-0.25, -0.2) is 9.67 Å². The van der Waals surface area contributed by atoms with E-state index in [2.05, 4.69) is 29.1 Å². The van der Waals surface area contributed by atoms with Crippen LogP contribution in [0.5, 0.6) is 0 Å². The highest BCUT2D eigenvalue weighted by molar-refractivity contribution is 5.28. The van der Waals surface area contributed by atoms with Crippen LogP contribution in [0.25, 0.3) is 0 Å². The third-order valence-corrected chi connectivity index (χ3v) is 3.50. The number of hydrogen-bond acceptors (Lipinski definition) is 3. The molecule has 1 atom stereocenters. The molecule has 1 aromatic carbocycles. The van der Waals surface area contributed by atoms with Crippen LogP contribution in [0.1, 0.15) is 41.7 Å². The predicted octanol–water partition coefficient (Wildman–Crippen LogP) is 2.00. The molecule has 3 rings (SSSR count). The van der Waals surface area contributed by atoms with Crippen molar-refractivity contribution in [2.75, 3.05) is 0 Å². The van der Waals surface area contributed by atoms with E-state index >= 15 is 0 Å². The van der Waals surface area contributed by atoms with Crippen molar-refractivity contribution in [2.45, 2.75) is 38.8 Å². The summed E-state index contributed by atoms with van der Waals surface area (Å²) in [5.74, 6) is 1.53. The van der Waals surface area contributed by atoms with Crippen molar-refractivity contribution in [2.24, 2.45) is 0 Å². The summed E-state index contributed by atoms with van der Waals surface area (Å²) < 4.78 is 1.85. The van der Waals surface area contributed by atoms with Crippen molar-refractivity contribution in [3.8, 4) is 0 Å². The fourth-order valence-electron chi connectivity index (χ4n) is 2.43. The lowest BCUT2D eigenvalue weighted by atomic mass is 10.1. The molecule has 2 aromatic rings. The predicted molar refractivity (Wildman–Crippen MR) is 68.2 cm³/mol. The molecule has 4 heteroatoms. The fourth-order valence-corrected chi connectivity index (χ4v) is 2.43. The van der Waals surface area contributed by atoms with Gasteiger partial charge in [-0.3, -0.25) is 0 Å². The molecule has 1 unspecified atom stereocenters. The third-order valence-electron chi connectivity index (χ3n) is 3.50. The van der Waals surface area contributed by atoms with Crippen molar-refractivity contribution in [1.82, 2.24) is 14.8 Å². The van der Waals surface area contributed by atoms with Crippen molar-refractivity contribution in [3.63, 3.8) is 0 Å². The highest BCUT2D eigenvalue weighted by Crippen LogP contribution is 2.23. The maximum Gasteiger partial charge on any atom is 0.156 e. The first-order valence-corrected chi connectivity index (χ1v) is 6.40. The van der Waals surface area contributed by atoms with E-state index in [4.69, 9.17) is 0 Å². The molecule has 0 aliphatic carbocycles. The Bertz CT molecular complexity index is 562. The molecule has 0 radical (unpaired) electrons. The van der Waals surface area contributed by atoms with E-state index in [9.17, 15) is 5.11 Å². The van der Waals surface area contributed by atoms with Crippen LogP contribution in [-0.4, -0.2) is 19.9 Å². The van der Waals surface area contributed by atoms with E-state index in [1.165, 1.54) is 11.1 Å². The minimum absolute atomic E-state index is 0.447. The van der Waals surface area contributed by atoms with Crippen LogP contribution in [0, 0.1) is 6.92 Å². The van der Waals surface area contributed by atoms with Crippen LogP contribution in [-0.2, 0) is 13.0 Å². The molecule has 1 aliphatic rings. The quantitative estimate of drug-likeness (QED) is 0.877. The first-order valence-electron chi connectivity index (χ1n) is 6.40. The SMILES string of the molecule is Cc1ccccc1Cc1nc2n(n1)CCCC2O. The molecule has 94 valence electrons. The molecule has 0 fully saturated rings. The summed E-state index contributed by atoms with van der Waals surface area (Å²) in [6, 6.07) is 8.27. The van der Waals surface area contributed by atoms with Gasteiger partial charge in [0.2, 0.25) is 0 Å². The van der Waals surface area contributed by atoms with Crippen molar-refractivity contribution in [3.05, 3.63) is 47.0 Å². The van der Waals surface area contributed by atoms with E-state index in [-0.39, 0.29) is 0 Å². The van der Waals surface area contributed by atoms with Gasteiger partial charge in [-0.15, -0.1) is 0 Å². The number of aromatic nitrogens is 3. The summed E-state index contributed by atoms with van der Waals surface area (Å²) >= 11 is 0. The fraction of sp³-hybridized carbons (Fsp3) is 0.429. The van der Waals surface area contributed by atoms with Gasteiger partial charge in [0.15, 0.2) is 11.6 Å². The van der Waals surface area contributed by atoms with E-state index in [0.717, 1.165) is 37.5 Å². The first kappa shape index (κ1) is 11.4. The zero-order chi connectivity index (χ0) is 12.5. The number of fused-ring (bicyclic) bond motifs is 1. The molecule has 18 heavy (non-hydrogen) atoms. The van der Waals surface area contributed by atoms with Crippen LogP contribution >= 0.6 is 0 Å². The van der Waals surface area contributed by atoms with Gasteiger partial charge in [-0.05, 0) is 30.9 Å². The molecule has 1 aliphatic heterocycles. The molecule has 0 amide bonds. The van der Waals surface area contributed by atoms with Gasteiger partial charge in [0.25, 0.3) is 0 Å². The van der Waals surface area contributed by atoms with Gasteiger partial charge in [-0.2, -0.15) is 5.10 Å². The van der Waals surface area contributed by atoms with Crippen LogP contribution in [0.15, 0.2) is 24.3 Å². The van der Waals surface area contributed by atoms with E-state index in [1.54, 1.807) is 0 Å². The van der Waals surface area contributed by atoms with Gasteiger partial charge >= 0.3 is 0 Å². The second-order valence-electron chi connectivity index (χ2n) is 4.87. The topological polar surface area (TPSA) is 50.9 Å². The summed E-state index contributed by atoms with van der Waals surface area (Å²) in [6.45, 7) is 2.97. The lowest BCUT2D eigenvalue weighted by molar-refractivity contribution is 0.130. The average Bonchev–Trinajstić information content (AvgIpc) is 2.76. The number of aliphatic hydroxyl groups is 1. The Morgan fingerprint density at radius 3 is 3.00 bits per heavy atom. The Kier molecular flexibility index (Phi) is 2.88. The zero-order valence-corrected chi connectivity index (χ0v) is 10.5. The molecule has 2 heterocycles. The van der Waals surface area contributed by atoms with Gasteiger partial charge in [0, 0.05) is 13.0 Å².